The number of hydrogen-bond donors (Lipinski definition) is 2. The van der Waals surface area contributed by atoms with Gasteiger partial charge in [-0.2, -0.15) is 0 Å². The van der Waals surface area contributed by atoms with Crippen LogP contribution in [0.4, 0.5) is 5.69 Å². The second kappa shape index (κ2) is 7.10. The lowest BCUT2D eigenvalue weighted by Gasteiger charge is -2.19. The van der Waals surface area contributed by atoms with Crippen molar-refractivity contribution >= 4 is 44.6 Å². The molecule has 0 spiro atoms. The van der Waals surface area contributed by atoms with E-state index in [-0.39, 0.29) is 28.2 Å². The van der Waals surface area contributed by atoms with E-state index in [1.54, 1.807) is 11.3 Å². The molecule has 128 valence electrons. The molecule has 0 saturated heterocycles. The third kappa shape index (κ3) is 3.89. The van der Waals surface area contributed by atoms with Crippen LogP contribution in [0.15, 0.2) is 34.5 Å². The normalized spacial score (nSPS) is 14.0. The van der Waals surface area contributed by atoms with Crippen molar-refractivity contribution in [2.75, 3.05) is 18.5 Å². The SMILES string of the molecule is O=C1COc2cc(S(=O)(=O)NCCCc3cccs3)c(Cl)cc2N1. The summed E-state index contributed by atoms with van der Waals surface area (Å²) in [6, 6.07) is 6.70. The van der Waals surface area contributed by atoms with Crippen LogP contribution in [0.1, 0.15) is 11.3 Å². The molecule has 0 fully saturated rings. The van der Waals surface area contributed by atoms with Crippen LogP contribution in [0.2, 0.25) is 5.02 Å². The average molecular weight is 387 g/mol. The topological polar surface area (TPSA) is 84.5 Å². The Morgan fingerprint density at radius 1 is 1.38 bits per heavy atom. The summed E-state index contributed by atoms with van der Waals surface area (Å²) in [5.41, 5.74) is 0.368. The smallest absolute Gasteiger partial charge is 0.262 e. The van der Waals surface area contributed by atoms with E-state index in [4.69, 9.17) is 16.3 Å². The molecule has 1 aliphatic rings. The second-order valence-electron chi connectivity index (χ2n) is 5.20. The summed E-state index contributed by atoms with van der Waals surface area (Å²) >= 11 is 7.71. The Bertz CT molecular complexity index is 851. The summed E-state index contributed by atoms with van der Waals surface area (Å²) in [6.07, 6.45) is 1.50. The molecular weight excluding hydrogens is 372 g/mol. The van der Waals surface area contributed by atoms with Gasteiger partial charge in [0.15, 0.2) is 6.61 Å². The van der Waals surface area contributed by atoms with Crippen molar-refractivity contribution in [1.29, 1.82) is 0 Å². The molecule has 6 nitrogen and oxygen atoms in total. The molecule has 0 saturated carbocycles. The van der Waals surface area contributed by atoms with Crippen LogP contribution in [0.25, 0.3) is 0 Å². The molecule has 24 heavy (non-hydrogen) atoms. The Kier molecular flexibility index (Phi) is 5.09. The predicted octanol–water partition coefficient (Wildman–Crippen LogP) is 2.64. The first-order valence-electron chi connectivity index (χ1n) is 7.24. The van der Waals surface area contributed by atoms with E-state index in [2.05, 4.69) is 10.0 Å². The number of aryl methyl sites for hydroxylation is 1. The van der Waals surface area contributed by atoms with Gasteiger partial charge in [0.1, 0.15) is 10.6 Å². The number of amides is 1. The van der Waals surface area contributed by atoms with Crippen LogP contribution < -0.4 is 14.8 Å². The second-order valence-corrected chi connectivity index (χ2v) is 8.37. The number of carbonyl (C=O) groups is 1. The van der Waals surface area contributed by atoms with Gasteiger partial charge in [0.05, 0.1) is 10.7 Å². The van der Waals surface area contributed by atoms with Crippen molar-refractivity contribution in [3.05, 3.63) is 39.5 Å². The molecule has 0 aliphatic carbocycles. The van der Waals surface area contributed by atoms with Gasteiger partial charge in [-0.1, -0.05) is 17.7 Å². The van der Waals surface area contributed by atoms with Gasteiger partial charge < -0.3 is 10.1 Å². The van der Waals surface area contributed by atoms with Crippen molar-refractivity contribution < 1.29 is 17.9 Å². The highest BCUT2D eigenvalue weighted by molar-refractivity contribution is 7.89. The van der Waals surface area contributed by atoms with Gasteiger partial charge in [-0.3, -0.25) is 4.79 Å². The zero-order valence-corrected chi connectivity index (χ0v) is 14.9. The fourth-order valence-electron chi connectivity index (χ4n) is 2.29. The van der Waals surface area contributed by atoms with Gasteiger partial charge in [-0.05, 0) is 30.4 Å². The molecule has 2 heterocycles. The highest BCUT2D eigenvalue weighted by Gasteiger charge is 2.24. The minimum absolute atomic E-state index is 0.0327. The van der Waals surface area contributed by atoms with E-state index >= 15 is 0 Å². The number of nitrogens with one attached hydrogen (secondary N) is 2. The highest BCUT2D eigenvalue weighted by atomic mass is 35.5. The van der Waals surface area contributed by atoms with Crippen molar-refractivity contribution in [3.8, 4) is 5.75 Å². The first-order valence-corrected chi connectivity index (χ1v) is 9.98. The first-order chi connectivity index (χ1) is 11.5. The van der Waals surface area contributed by atoms with Gasteiger partial charge in [-0.15, -0.1) is 11.3 Å². The molecule has 2 N–H and O–H groups in total. The molecule has 1 aromatic carbocycles. The number of hydrogen-bond acceptors (Lipinski definition) is 5. The first kappa shape index (κ1) is 17.2. The minimum Gasteiger partial charge on any atom is -0.482 e. The van der Waals surface area contributed by atoms with E-state index in [0.717, 1.165) is 6.42 Å². The van der Waals surface area contributed by atoms with Gasteiger partial charge in [-0.25, -0.2) is 13.1 Å². The molecule has 0 unspecified atom stereocenters. The van der Waals surface area contributed by atoms with E-state index in [1.165, 1.54) is 17.0 Å². The van der Waals surface area contributed by atoms with Crippen LogP contribution in [0.3, 0.4) is 0 Å². The van der Waals surface area contributed by atoms with Crippen LogP contribution in [0.5, 0.6) is 5.75 Å². The summed E-state index contributed by atoms with van der Waals surface area (Å²) in [5.74, 6) is -0.0150. The van der Waals surface area contributed by atoms with Crippen LogP contribution in [-0.4, -0.2) is 27.5 Å². The number of ether oxygens (including phenoxy) is 1. The number of halogens is 1. The van der Waals surface area contributed by atoms with Gasteiger partial charge in [0.2, 0.25) is 10.0 Å². The molecule has 1 amide bonds. The zero-order chi connectivity index (χ0) is 17.2. The summed E-state index contributed by atoms with van der Waals surface area (Å²) in [4.78, 5) is 12.4. The van der Waals surface area contributed by atoms with Crippen molar-refractivity contribution in [2.45, 2.75) is 17.7 Å². The average Bonchev–Trinajstić information content (AvgIpc) is 3.04. The van der Waals surface area contributed by atoms with E-state index in [0.29, 0.717) is 18.7 Å². The third-order valence-corrected chi connectivity index (χ3v) is 6.29. The Morgan fingerprint density at radius 3 is 2.96 bits per heavy atom. The lowest BCUT2D eigenvalue weighted by atomic mass is 10.2. The molecule has 1 aromatic heterocycles. The third-order valence-electron chi connectivity index (χ3n) is 3.43. The summed E-state index contributed by atoms with van der Waals surface area (Å²) in [7, 11) is -3.75. The molecule has 0 radical (unpaired) electrons. The number of fused-ring (bicyclic) bond motifs is 1. The standard InChI is InChI=1S/C15H15ClN2O4S2/c16-11-7-12-13(22-9-15(19)18-12)8-14(11)24(20,21)17-5-1-3-10-4-2-6-23-10/h2,4,6-8,17H,1,3,5,9H2,(H,18,19). The Balaban J connectivity index is 1.69. The van der Waals surface area contributed by atoms with Gasteiger partial charge in [0, 0.05) is 17.5 Å². The summed E-state index contributed by atoms with van der Waals surface area (Å²) < 4.78 is 32.6. The van der Waals surface area contributed by atoms with E-state index in [9.17, 15) is 13.2 Å². The number of sulfonamides is 1. The number of thiophene rings is 1. The zero-order valence-electron chi connectivity index (χ0n) is 12.5. The minimum atomic E-state index is -3.75. The Labute approximate surface area is 148 Å². The maximum absolute atomic E-state index is 12.4. The lowest BCUT2D eigenvalue weighted by Crippen LogP contribution is -2.27. The fraction of sp³-hybridized carbons (Fsp3) is 0.267. The highest BCUT2D eigenvalue weighted by Crippen LogP contribution is 2.35. The number of anilines is 1. The van der Waals surface area contributed by atoms with E-state index in [1.807, 2.05) is 17.5 Å². The molecule has 2 aromatic rings. The monoisotopic (exact) mass is 386 g/mol. The van der Waals surface area contributed by atoms with Crippen molar-refractivity contribution in [3.63, 3.8) is 0 Å². The molecule has 3 rings (SSSR count). The van der Waals surface area contributed by atoms with Crippen LogP contribution in [-0.2, 0) is 21.2 Å². The predicted molar refractivity (Wildman–Crippen MR) is 93.4 cm³/mol. The van der Waals surface area contributed by atoms with Crippen LogP contribution in [0, 0.1) is 0 Å². The quantitative estimate of drug-likeness (QED) is 0.747. The van der Waals surface area contributed by atoms with Gasteiger partial charge >= 0.3 is 0 Å². The summed E-state index contributed by atoms with van der Waals surface area (Å²) in [5, 5.41) is 4.61. The Hall–Kier alpha value is -1.61. The summed E-state index contributed by atoms with van der Waals surface area (Å²) in [6.45, 7) is 0.160. The number of carbonyl (C=O) groups excluding carboxylic acids is 1. The molecular formula is C15H15ClN2O4S2. The number of rotatable bonds is 6. The van der Waals surface area contributed by atoms with Crippen molar-refractivity contribution in [1.82, 2.24) is 4.72 Å². The van der Waals surface area contributed by atoms with Gasteiger partial charge in [0.25, 0.3) is 5.91 Å². The number of benzene rings is 1. The molecule has 0 atom stereocenters. The maximum atomic E-state index is 12.4. The molecule has 1 aliphatic heterocycles. The largest absolute Gasteiger partial charge is 0.482 e. The van der Waals surface area contributed by atoms with E-state index < -0.39 is 10.0 Å². The Morgan fingerprint density at radius 2 is 2.21 bits per heavy atom. The molecule has 0 bridgehead atoms. The maximum Gasteiger partial charge on any atom is 0.262 e. The fourth-order valence-corrected chi connectivity index (χ4v) is 4.66. The lowest BCUT2D eigenvalue weighted by molar-refractivity contribution is -0.118. The molecule has 9 heteroatoms. The van der Waals surface area contributed by atoms with Crippen LogP contribution >= 0.6 is 22.9 Å². The van der Waals surface area contributed by atoms with Crippen molar-refractivity contribution in [2.24, 2.45) is 0 Å².